The second-order valence-electron chi connectivity index (χ2n) is 4.73. The van der Waals surface area contributed by atoms with E-state index in [2.05, 4.69) is 12.2 Å². The fourth-order valence-corrected chi connectivity index (χ4v) is 6.22. The average Bonchev–Trinajstić information content (AvgIpc) is 2.60. The molecule has 1 aliphatic heterocycles. The van der Waals surface area contributed by atoms with Gasteiger partial charge in [-0.3, -0.25) is 0 Å². The van der Waals surface area contributed by atoms with E-state index in [0.29, 0.717) is 11.8 Å². The number of fused-ring (bicyclic) bond motifs is 2. The van der Waals surface area contributed by atoms with Crippen molar-refractivity contribution >= 4 is 12.4 Å². The molecule has 0 N–H and O–H groups in total. The van der Waals surface area contributed by atoms with Gasteiger partial charge in [0, 0.05) is 17.6 Å². The second-order valence-corrected chi connectivity index (χ2v) is 7.76. The Hall–Kier alpha value is -0.810. The third-order valence-electron chi connectivity index (χ3n) is 3.55. The van der Waals surface area contributed by atoms with E-state index >= 15 is 0 Å². The summed E-state index contributed by atoms with van der Waals surface area (Å²) in [6.45, 7) is 0. The van der Waals surface area contributed by atoms with Crippen LogP contribution in [0.3, 0.4) is 0 Å². The molecule has 2 bridgehead atoms. The molecule has 0 amide bonds. The Kier molecular flexibility index (Phi) is 2.10. The Bertz CT molecular complexity index is 417. The van der Waals surface area contributed by atoms with Crippen molar-refractivity contribution in [3.05, 3.63) is 42.5 Å². The van der Waals surface area contributed by atoms with Crippen LogP contribution in [0.4, 0.5) is 0 Å². The molecule has 1 unspecified atom stereocenters. The van der Waals surface area contributed by atoms with Crippen molar-refractivity contribution in [2.24, 2.45) is 11.8 Å². The lowest BCUT2D eigenvalue weighted by Crippen LogP contribution is -2.22. The van der Waals surface area contributed by atoms with Gasteiger partial charge in [0.2, 0.25) is 0 Å². The number of allylic oxidation sites excluding steroid dienone is 2. The molecular weight excluding hydrogens is 203 g/mol. The molecule has 78 valence electrons. The van der Waals surface area contributed by atoms with Crippen LogP contribution in [0, 0.1) is 11.8 Å². The molecule has 0 spiro atoms. The van der Waals surface area contributed by atoms with Gasteiger partial charge in [-0.1, -0.05) is 42.5 Å². The van der Waals surface area contributed by atoms with Gasteiger partial charge in [-0.05, 0) is 18.3 Å². The zero-order valence-electron chi connectivity index (χ0n) is 8.67. The van der Waals surface area contributed by atoms with E-state index in [1.165, 1.54) is 6.42 Å². The minimum Gasteiger partial charge on any atom is -0.319 e. The fourth-order valence-electron chi connectivity index (χ4n) is 2.87. The first-order valence-corrected chi connectivity index (χ1v) is 7.66. The van der Waals surface area contributed by atoms with E-state index in [1.807, 2.05) is 30.3 Å². The maximum Gasteiger partial charge on any atom is 0.116 e. The van der Waals surface area contributed by atoms with E-state index in [1.54, 1.807) is 0 Å². The van der Waals surface area contributed by atoms with Gasteiger partial charge >= 0.3 is 0 Å². The Morgan fingerprint density at radius 1 is 1.00 bits per heavy atom. The van der Waals surface area contributed by atoms with Crippen LogP contribution in [-0.2, 0) is 4.57 Å². The standard InChI is InChI=1S/C13H15OP/c14-15(13-4-2-1-3-5-13)9-11-6-7-12(8-11)10-15/h1-7,11-12H,8-10H2/t11-,12+,15?. The Morgan fingerprint density at radius 3 is 2.20 bits per heavy atom. The zero-order valence-corrected chi connectivity index (χ0v) is 9.57. The average molecular weight is 218 g/mol. The van der Waals surface area contributed by atoms with Crippen LogP contribution in [-0.4, -0.2) is 12.3 Å². The van der Waals surface area contributed by atoms with Gasteiger partial charge < -0.3 is 4.57 Å². The molecule has 1 heterocycles. The first kappa shape index (κ1) is 9.42. The molecule has 2 heteroatoms. The lowest BCUT2D eigenvalue weighted by Gasteiger charge is -2.28. The van der Waals surface area contributed by atoms with E-state index in [9.17, 15) is 4.57 Å². The maximum atomic E-state index is 12.9. The molecule has 1 aromatic rings. The fraction of sp³-hybridized carbons (Fsp3) is 0.385. The van der Waals surface area contributed by atoms with E-state index in [4.69, 9.17) is 0 Å². The minimum atomic E-state index is -2.08. The highest BCUT2D eigenvalue weighted by molar-refractivity contribution is 7.71. The molecule has 0 radical (unpaired) electrons. The van der Waals surface area contributed by atoms with Crippen LogP contribution < -0.4 is 5.30 Å². The molecule has 0 saturated carbocycles. The lowest BCUT2D eigenvalue weighted by atomic mass is 10.1. The normalized spacial score (nSPS) is 38.1. The summed E-state index contributed by atoms with van der Waals surface area (Å²) in [4.78, 5) is 0. The molecule has 2 aliphatic rings. The second kappa shape index (κ2) is 3.35. The SMILES string of the molecule is O=P1(c2ccccc2)C[C@@H]2C=C[C@@H](C2)C1. The van der Waals surface area contributed by atoms with Crippen molar-refractivity contribution in [2.45, 2.75) is 6.42 Å². The summed E-state index contributed by atoms with van der Waals surface area (Å²) < 4.78 is 12.9. The largest absolute Gasteiger partial charge is 0.319 e. The summed E-state index contributed by atoms with van der Waals surface area (Å²) in [7, 11) is -2.08. The van der Waals surface area contributed by atoms with Crippen LogP contribution in [0.1, 0.15) is 6.42 Å². The van der Waals surface area contributed by atoms with E-state index in [-0.39, 0.29) is 0 Å². The maximum absolute atomic E-state index is 12.9. The summed E-state index contributed by atoms with van der Waals surface area (Å²) in [5, 5.41) is 1.09. The van der Waals surface area contributed by atoms with Crippen LogP contribution in [0.2, 0.25) is 0 Å². The quantitative estimate of drug-likeness (QED) is 0.523. The Balaban J connectivity index is 1.96. The summed E-state index contributed by atoms with van der Waals surface area (Å²) in [6, 6.07) is 10.1. The van der Waals surface area contributed by atoms with E-state index in [0.717, 1.165) is 17.6 Å². The summed E-state index contributed by atoms with van der Waals surface area (Å²) in [5.41, 5.74) is 0. The number of rotatable bonds is 1. The van der Waals surface area contributed by atoms with Gasteiger partial charge in [0.15, 0.2) is 0 Å². The van der Waals surface area contributed by atoms with Crippen molar-refractivity contribution in [3.8, 4) is 0 Å². The predicted molar refractivity (Wildman–Crippen MR) is 64.2 cm³/mol. The highest BCUT2D eigenvalue weighted by Crippen LogP contribution is 2.55. The van der Waals surface area contributed by atoms with Crippen molar-refractivity contribution in [1.82, 2.24) is 0 Å². The van der Waals surface area contributed by atoms with Crippen molar-refractivity contribution in [1.29, 1.82) is 0 Å². The first-order valence-electron chi connectivity index (χ1n) is 5.58. The van der Waals surface area contributed by atoms with Crippen LogP contribution in [0.15, 0.2) is 42.5 Å². The van der Waals surface area contributed by atoms with Crippen molar-refractivity contribution in [3.63, 3.8) is 0 Å². The molecule has 3 atom stereocenters. The highest BCUT2D eigenvalue weighted by Gasteiger charge is 2.38. The zero-order chi connectivity index (χ0) is 10.3. The molecule has 1 fully saturated rings. The molecular formula is C13H15OP. The van der Waals surface area contributed by atoms with E-state index < -0.39 is 7.14 Å². The van der Waals surface area contributed by atoms with Crippen LogP contribution >= 0.6 is 7.14 Å². The molecule has 0 aromatic heterocycles. The van der Waals surface area contributed by atoms with Crippen LogP contribution in [0.5, 0.6) is 0 Å². The van der Waals surface area contributed by atoms with Crippen LogP contribution in [0.25, 0.3) is 0 Å². The van der Waals surface area contributed by atoms with Gasteiger partial charge in [0.05, 0.1) is 0 Å². The molecule has 1 aliphatic carbocycles. The molecule has 15 heavy (non-hydrogen) atoms. The lowest BCUT2D eigenvalue weighted by molar-refractivity contribution is 0.521. The van der Waals surface area contributed by atoms with Gasteiger partial charge in [-0.15, -0.1) is 0 Å². The van der Waals surface area contributed by atoms with Gasteiger partial charge in [-0.25, -0.2) is 0 Å². The van der Waals surface area contributed by atoms with Crippen molar-refractivity contribution in [2.75, 3.05) is 12.3 Å². The smallest absolute Gasteiger partial charge is 0.116 e. The van der Waals surface area contributed by atoms with Gasteiger partial charge in [0.1, 0.15) is 7.14 Å². The Labute approximate surface area is 90.6 Å². The van der Waals surface area contributed by atoms with Gasteiger partial charge in [-0.2, -0.15) is 0 Å². The molecule has 1 aromatic carbocycles. The third-order valence-corrected chi connectivity index (χ3v) is 6.90. The topological polar surface area (TPSA) is 17.1 Å². The summed E-state index contributed by atoms with van der Waals surface area (Å²) in [5.74, 6) is 1.16. The van der Waals surface area contributed by atoms with Gasteiger partial charge in [0.25, 0.3) is 0 Å². The highest BCUT2D eigenvalue weighted by atomic mass is 31.2. The number of benzene rings is 1. The van der Waals surface area contributed by atoms with Crippen molar-refractivity contribution < 1.29 is 4.57 Å². The summed E-state index contributed by atoms with van der Waals surface area (Å²) in [6.07, 6.45) is 7.56. The predicted octanol–water partition coefficient (Wildman–Crippen LogP) is 2.88. The minimum absolute atomic E-state index is 0.579. The number of hydrogen-bond acceptors (Lipinski definition) is 1. The molecule has 3 rings (SSSR count). The summed E-state index contributed by atoms with van der Waals surface area (Å²) >= 11 is 0. The number of hydrogen-bond donors (Lipinski definition) is 0. The third kappa shape index (κ3) is 1.59. The molecule has 1 saturated heterocycles. The Morgan fingerprint density at radius 2 is 1.60 bits per heavy atom. The molecule has 1 nitrogen and oxygen atoms in total. The monoisotopic (exact) mass is 218 g/mol. The first-order chi connectivity index (χ1) is 7.26.